The number of ether oxygens (including phenoxy) is 1. The lowest BCUT2D eigenvalue weighted by Gasteiger charge is -2.16. The van der Waals surface area contributed by atoms with Crippen molar-refractivity contribution in [1.82, 2.24) is 15.1 Å². The molecule has 2 heterocycles. The molecule has 182 valence electrons. The number of nitrogens with one attached hydrogen (secondary N) is 1. The van der Waals surface area contributed by atoms with E-state index in [9.17, 15) is 9.59 Å². The van der Waals surface area contributed by atoms with Crippen LogP contribution in [-0.4, -0.2) is 34.7 Å². The number of carbonyl (C=O) groups is 2. The first-order valence-corrected chi connectivity index (χ1v) is 12.1. The van der Waals surface area contributed by atoms with Crippen LogP contribution in [0.1, 0.15) is 24.0 Å². The van der Waals surface area contributed by atoms with E-state index in [4.69, 9.17) is 4.74 Å². The zero-order valence-corrected chi connectivity index (χ0v) is 20.0. The topological polar surface area (TPSA) is 76.5 Å². The monoisotopic (exact) mass is 480 g/mol. The lowest BCUT2D eigenvalue weighted by Crippen LogP contribution is -2.28. The van der Waals surface area contributed by atoms with Crippen molar-refractivity contribution in [2.24, 2.45) is 0 Å². The Kier molecular flexibility index (Phi) is 7.07. The SMILES string of the molecule is O=C(COc1ccc(N2CCCC2=O)cc1)NCc1ccccc1-c1ccc(Cn2cccn2)cc1. The van der Waals surface area contributed by atoms with Crippen molar-refractivity contribution in [2.45, 2.75) is 25.9 Å². The summed E-state index contributed by atoms with van der Waals surface area (Å²) in [6.45, 7) is 1.80. The molecule has 1 aliphatic rings. The Balaban J connectivity index is 1.15. The summed E-state index contributed by atoms with van der Waals surface area (Å²) in [6.07, 6.45) is 5.20. The van der Waals surface area contributed by atoms with Gasteiger partial charge in [0, 0.05) is 37.6 Å². The van der Waals surface area contributed by atoms with Gasteiger partial charge >= 0.3 is 0 Å². The Hall–Kier alpha value is -4.39. The molecule has 3 aromatic carbocycles. The molecule has 1 aliphatic heterocycles. The van der Waals surface area contributed by atoms with Crippen LogP contribution >= 0.6 is 0 Å². The number of anilines is 1. The molecule has 1 fully saturated rings. The van der Waals surface area contributed by atoms with Crippen LogP contribution in [0.25, 0.3) is 11.1 Å². The van der Waals surface area contributed by atoms with Gasteiger partial charge in [-0.2, -0.15) is 5.10 Å². The molecule has 7 nitrogen and oxygen atoms in total. The van der Waals surface area contributed by atoms with Crippen molar-refractivity contribution in [3.63, 3.8) is 0 Å². The van der Waals surface area contributed by atoms with Crippen molar-refractivity contribution in [2.75, 3.05) is 18.1 Å². The minimum Gasteiger partial charge on any atom is -0.484 e. The lowest BCUT2D eigenvalue weighted by molar-refractivity contribution is -0.123. The maximum atomic E-state index is 12.5. The van der Waals surface area contributed by atoms with Gasteiger partial charge < -0.3 is 15.0 Å². The van der Waals surface area contributed by atoms with Crippen LogP contribution in [0.5, 0.6) is 5.75 Å². The summed E-state index contributed by atoms with van der Waals surface area (Å²) in [5.74, 6) is 0.544. The maximum Gasteiger partial charge on any atom is 0.258 e. The van der Waals surface area contributed by atoms with Crippen LogP contribution in [0.15, 0.2) is 91.3 Å². The molecule has 0 bridgehead atoms. The van der Waals surface area contributed by atoms with Gasteiger partial charge in [-0.25, -0.2) is 0 Å². The molecule has 0 spiro atoms. The fraction of sp³-hybridized carbons (Fsp3) is 0.207. The highest BCUT2D eigenvalue weighted by Crippen LogP contribution is 2.25. The maximum absolute atomic E-state index is 12.5. The fourth-order valence-corrected chi connectivity index (χ4v) is 4.36. The van der Waals surface area contributed by atoms with Gasteiger partial charge in [-0.05, 0) is 59.0 Å². The average Bonchev–Trinajstić information content (AvgIpc) is 3.59. The number of nitrogens with zero attached hydrogens (tertiary/aromatic N) is 3. The van der Waals surface area contributed by atoms with Gasteiger partial charge in [0.25, 0.3) is 5.91 Å². The standard InChI is InChI=1S/C29H28N4O3/c34-28(21-36-26-14-12-25(13-15-26)33-18-3-7-29(33)35)30-19-24-5-1-2-6-27(24)23-10-8-22(9-11-23)20-32-17-4-16-31-32/h1-2,4-6,8-17H,3,7,18-21H2,(H,30,34). The molecule has 1 N–H and O–H groups in total. The quantitative estimate of drug-likeness (QED) is 0.385. The van der Waals surface area contributed by atoms with E-state index in [1.807, 2.05) is 47.3 Å². The number of hydrogen-bond donors (Lipinski definition) is 1. The Morgan fingerprint density at radius 2 is 1.78 bits per heavy atom. The summed E-state index contributed by atoms with van der Waals surface area (Å²) < 4.78 is 7.54. The zero-order valence-electron chi connectivity index (χ0n) is 20.0. The number of hydrogen-bond acceptors (Lipinski definition) is 4. The van der Waals surface area contributed by atoms with E-state index in [1.165, 1.54) is 5.56 Å². The van der Waals surface area contributed by atoms with Crippen molar-refractivity contribution < 1.29 is 14.3 Å². The molecule has 1 saturated heterocycles. The molecular formula is C29H28N4O3. The van der Waals surface area contributed by atoms with E-state index in [0.717, 1.165) is 41.9 Å². The molecule has 4 aromatic rings. The Bertz CT molecular complexity index is 1320. The second-order valence-corrected chi connectivity index (χ2v) is 8.77. The van der Waals surface area contributed by atoms with Crippen molar-refractivity contribution in [3.05, 3.63) is 102 Å². The fourth-order valence-electron chi connectivity index (χ4n) is 4.36. The third-order valence-corrected chi connectivity index (χ3v) is 6.25. The van der Waals surface area contributed by atoms with E-state index in [-0.39, 0.29) is 18.4 Å². The van der Waals surface area contributed by atoms with E-state index in [0.29, 0.717) is 18.7 Å². The molecule has 1 aromatic heterocycles. The number of amides is 2. The first kappa shape index (κ1) is 23.4. The molecule has 0 radical (unpaired) electrons. The van der Waals surface area contributed by atoms with Gasteiger partial charge in [0.15, 0.2) is 6.61 Å². The van der Waals surface area contributed by atoms with Gasteiger partial charge in [-0.3, -0.25) is 14.3 Å². The minimum absolute atomic E-state index is 0.0771. The molecule has 0 atom stereocenters. The second kappa shape index (κ2) is 10.9. The molecular weight excluding hydrogens is 452 g/mol. The van der Waals surface area contributed by atoms with Gasteiger partial charge in [0.2, 0.25) is 5.91 Å². The van der Waals surface area contributed by atoms with Crippen LogP contribution < -0.4 is 15.0 Å². The Labute approximate surface area is 210 Å². The summed E-state index contributed by atoms with van der Waals surface area (Å²) in [7, 11) is 0. The number of benzene rings is 3. The van der Waals surface area contributed by atoms with Crippen LogP contribution in [0.2, 0.25) is 0 Å². The predicted octanol–water partition coefficient (Wildman–Crippen LogP) is 4.42. The number of rotatable bonds is 9. The molecule has 2 amide bonds. The van der Waals surface area contributed by atoms with Crippen molar-refractivity contribution in [1.29, 1.82) is 0 Å². The summed E-state index contributed by atoms with van der Waals surface area (Å²) >= 11 is 0. The summed E-state index contributed by atoms with van der Waals surface area (Å²) in [6, 6.07) is 25.7. The molecule has 0 aliphatic carbocycles. The van der Waals surface area contributed by atoms with Gasteiger partial charge in [0.1, 0.15) is 5.75 Å². The Morgan fingerprint density at radius 1 is 0.972 bits per heavy atom. The Morgan fingerprint density at radius 3 is 2.50 bits per heavy atom. The minimum atomic E-state index is -0.196. The van der Waals surface area contributed by atoms with Crippen molar-refractivity contribution >= 4 is 17.5 Å². The van der Waals surface area contributed by atoms with Crippen LogP contribution in [-0.2, 0) is 22.7 Å². The lowest BCUT2D eigenvalue weighted by atomic mass is 9.98. The van der Waals surface area contributed by atoms with E-state index in [1.54, 1.807) is 23.2 Å². The number of carbonyl (C=O) groups excluding carboxylic acids is 2. The average molecular weight is 481 g/mol. The normalized spacial score (nSPS) is 13.1. The molecule has 36 heavy (non-hydrogen) atoms. The van der Waals surface area contributed by atoms with Gasteiger partial charge in [-0.1, -0.05) is 48.5 Å². The molecule has 0 unspecified atom stereocenters. The third-order valence-electron chi connectivity index (χ3n) is 6.25. The molecule has 5 rings (SSSR count). The molecule has 0 saturated carbocycles. The van der Waals surface area contributed by atoms with Crippen LogP contribution in [0, 0.1) is 0 Å². The highest BCUT2D eigenvalue weighted by molar-refractivity contribution is 5.95. The largest absolute Gasteiger partial charge is 0.484 e. The van der Waals surface area contributed by atoms with E-state index < -0.39 is 0 Å². The van der Waals surface area contributed by atoms with Crippen LogP contribution in [0.3, 0.4) is 0 Å². The van der Waals surface area contributed by atoms with Crippen molar-refractivity contribution in [3.8, 4) is 16.9 Å². The van der Waals surface area contributed by atoms with Gasteiger partial charge in [-0.15, -0.1) is 0 Å². The summed E-state index contributed by atoms with van der Waals surface area (Å²) in [5.41, 5.74) is 5.24. The second-order valence-electron chi connectivity index (χ2n) is 8.77. The van der Waals surface area contributed by atoms with Gasteiger partial charge in [0.05, 0.1) is 6.54 Å². The highest BCUT2D eigenvalue weighted by atomic mass is 16.5. The first-order chi connectivity index (χ1) is 17.7. The van der Waals surface area contributed by atoms with E-state index in [2.05, 4.69) is 40.7 Å². The predicted molar refractivity (Wildman–Crippen MR) is 139 cm³/mol. The summed E-state index contributed by atoms with van der Waals surface area (Å²) in [5, 5.41) is 7.21. The van der Waals surface area contributed by atoms with Crippen LogP contribution in [0.4, 0.5) is 5.69 Å². The first-order valence-electron chi connectivity index (χ1n) is 12.1. The smallest absolute Gasteiger partial charge is 0.258 e. The number of aromatic nitrogens is 2. The van der Waals surface area contributed by atoms with E-state index >= 15 is 0 Å². The zero-order chi connectivity index (χ0) is 24.7. The highest BCUT2D eigenvalue weighted by Gasteiger charge is 2.21. The molecule has 7 heteroatoms. The summed E-state index contributed by atoms with van der Waals surface area (Å²) in [4.78, 5) is 26.1. The third kappa shape index (κ3) is 5.63.